The summed E-state index contributed by atoms with van der Waals surface area (Å²) in [5.74, 6) is 0. The van der Waals surface area contributed by atoms with Crippen LogP contribution >= 0.6 is 0 Å². The summed E-state index contributed by atoms with van der Waals surface area (Å²) in [5, 5.41) is 0. The van der Waals surface area contributed by atoms with Gasteiger partial charge < -0.3 is 4.90 Å². The summed E-state index contributed by atoms with van der Waals surface area (Å²) >= 11 is 0. The van der Waals surface area contributed by atoms with Gasteiger partial charge in [0.25, 0.3) is 0 Å². The van der Waals surface area contributed by atoms with E-state index in [-0.39, 0.29) is 0 Å². The van der Waals surface area contributed by atoms with Crippen LogP contribution in [-0.2, 0) is 0 Å². The van der Waals surface area contributed by atoms with Gasteiger partial charge in [-0.05, 0) is 31.9 Å². The van der Waals surface area contributed by atoms with Gasteiger partial charge in [-0.2, -0.15) is 0 Å². The van der Waals surface area contributed by atoms with Crippen LogP contribution in [0.4, 0.5) is 5.69 Å². The third-order valence-corrected chi connectivity index (χ3v) is 2.24. The predicted molar refractivity (Wildman–Crippen MR) is 61.4 cm³/mol. The molecule has 1 heterocycles. The smallest absolute Gasteiger partial charge is 0.0592 e. The van der Waals surface area contributed by atoms with Crippen LogP contribution in [0.5, 0.6) is 0 Å². The first kappa shape index (κ1) is 10.8. The number of hydrogen-bond acceptors (Lipinski definition) is 2. The molecule has 0 saturated heterocycles. The topological polar surface area (TPSA) is 16.1 Å². The van der Waals surface area contributed by atoms with E-state index in [1.807, 2.05) is 12.4 Å². The van der Waals surface area contributed by atoms with E-state index in [1.165, 1.54) is 11.1 Å². The van der Waals surface area contributed by atoms with Crippen molar-refractivity contribution in [2.24, 2.45) is 0 Å². The molecule has 0 fully saturated rings. The number of aromatic nitrogens is 1. The third kappa shape index (κ3) is 2.87. The minimum absolute atomic E-state index is 1.09. The largest absolute Gasteiger partial charge is 0.350 e. The van der Waals surface area contributed by atoms with Crippen molar-refractivity contribution in [3.8, 4) is 0 Å². The van der Waals surface area contributed by atoms with Gasteiger partial charge in [-0.25, -0.2) is 0 Å². The molecular weight excluding hydrogens is 172 g/mol. The van der Waals surface area contributed by atoms with Gasteiger partial charge in [0.2, 0.25) is 0 Å². The molecule has 0 saturated carbocycles. The lowest BCUT2D eigenvalue weighted by atomic mass is 10.2. The molecule has 0 N–H and O–H groups in total. The molecule has 1 aromatic heterocycles. The Morgan fingerprint density at radius 3 is 2.79 bits per heavy atom. The molecule has 1 aromatic rings. The number of allylic oxidation sites excluding steroid dienone is 1. The van der Waals surface area contributed by atoms with Crippen molar-refractivity contribution in [2.45, 2.75) is 27.2 Å². The molecule has 0 bridgehead atoms. The van der Waals surface area contributed by atoms with Gasteiger partial charge in [0.05, 0.1) is 11.9 Å². The highest BCUT2D eigenvalue weighted by atomic mass is 15.1. The third-order valence-electron chi connectivity index (χ3n) is 2.24. The molecule has 0 radical (unpaired) electrons. The summed E-state index contributed by atoms with van der Waals surface area (Å²) in [6, 6.07) is 2.13. The van der Waals surface area contributed by atoms with Crippen LogP contribution in [0.15, 0.2) is 30.2 Å². The second-order valence-electron chi connectivity index (χ2n) is 3.66. The monoisotopic (exact) mass is 190 g/mol. The summed E-state index contributed by atoms with van der Waals surface area (Å²) in [6.45, 7) is 6.36. The second kappa shape index (κ2) is 4.80. The van der Waals surface area contributed by atoms with Crippen molar-refractivity contribution in [3.63, 3.8) is 0 Å². The Kier molecular flexibility index (Phi) is 3.69. The number of hydrogen-bond donors (Lipinski definition) is 0. The van der Waals surface area contributed by atoms with Crippen molar-refractivity contribution >= 4 is 5.69 Å². The van der Waals surface area contributed by atoms with Crippen LogP contribution in [0, 0.1) is 6.92 Å². The van der Waals surface area contributed by atoms with E-state index in [0.717, 1.165) is 12.1 Å². The molecule has 0 unspecified atom stereocenters. The first-order chi connectivity index (χ1) is 6.63. The molecule has 2 nitrogen and oxygen atoms in total. The lowest BCUT2D eigenvalue weighted by molar-refractivity contribution is 1.05. The number of aryl methyl sites for hydroxylation is 1. The molecule has 0 aromatic carbocycles. The van der Waals surface area contributed by atoms with Crippen LogP contribution < -0.4 is 4.90 Å². The zero-order chi connectivity index (χ0) is 10.6. The highest BCUT2D eigenvalue weighted by Crippen LogP contribution is 2.14. The Bertz CT molecular complexity index is 329. The molecule has 2 heteroatoms. The number of rotatable bonds is 3. The fourth-order valence-electron chi connectivity index (χ4n) is 1.23. The van der Waals surface area contributed by atoms with Gasteiger partial charge >= 0.3 is 0 Å². The molecular formula is C12H18N2. The zero-order valence-corrected chi connectivity index (χ0v) is 9.41. The molecule has 14 heavy (non-hydrogen) atoms. The summed E-state index contributed by atoms with van der Waals surface area (Å²) < 4.78 is 0. The SMILES string of the molecule is CC/C(C)=C/N(C)c1cncc(C)c1. The maximum absolute atomic E-state index is 4.17. The molecule has 76 valence electrons. The van der Waals surface area contributed by atoms with Crippen LogP contribution in [0.2, 0.25) is 0 Å². The molecule has 0 aliphatic heterocycles. The van der Waals surface area contributed by atoms with Crippen LogP contribution in [0.1, 0.15) is 25.8 Å². The molecule has 0 aliphatic rings. The molecule has 0 amide bonds. The highest BCUT2D eigenvalue weighted by Gasteiger charge is 1.98. The van der Waals surface area contributed by atoms with Crippen molar-refractivity contribution in [1.29, 1.82) is 0 Å². The molecule has 1 rings (SSSR count). The van der Waals surface area contributed by atoms with Gasteiger partial charge in [0.15, 0.2) is 0 Å². The Morgan fingerprint density at radius 1 is 1.50 bits per heavy atom. The lowest BCUT2D eigenvalue weighted by Gasteiger charge is -2.15. The van der Waals surface area contributed by atoms with E-state index in [4.69, 9.17) is 0 Å². The van der Waals surface area contributed by atoms with Gasteiger partial charge in [-0.3, -0.25) is 4.98 Å². The second-order valence-corrected chi connectivity index (χ2v) is 3.66. The number of nitrogens with zero attached hydrogens (tertiary/aromatic N) is 2. The van der Waals surface area contributed by atoms with E-state index < -0.39 is 0 Å². The van der Waals surface area contributed by atoms with Gasteiger partial charge in [0.1, 0.15) is 0 Å². The van der Waals surface area contributed by atoms with Gasteiger partial charge in [-0.15, -0.1) is 0 Å². The van der Waals surface area contributed by atoms with Crippen molar-refractivity contribution in [3.05, 3.63) is 35.8 Å². The zero-order valence-electron chi connectivity index (χ0n) is 9.41. The minimum atomic E-state index is 1.09. The summed E-state index contributed by atoms with van der Waals surface area (Å²) in [5.41, 5.74) is 3.70. The first-order valence-corrected chi connectivity index (χ1v) is 4.95. The minimum Gasteiger partial charge on any atom is -0.350 e. The lowest BCUT2D eigenvalue weighted by Crippen LogP contribution is -2.09. The molecule has 0 atom stereocenters. The first-order valence-electron chi connectivity index (χ1n) is 4.95. The quantitative estimate of drug-likeness (QED) is 0.728. The van der Waals surface area contributed by atoms with Crippen molar-refractivity contribution < 1.29 is 0 Å². The highest BCUT2D eigenvalue weighted by molar-refractivity contribution is 5.48. The van der Waals surface area contributed by atoms with Crippen molar-refractivity contribution in [2.75, 3.05) is 11.9 Å². The van der Waals surface area contributed by atoms with Gasteiger partial charge in [-0.1, -0.05) is 12.5 Å². The van der Waals surface area contributed by atoms with E-state index in [1.54, 1.807) is 0 Å². The summed E-state index contributed by atoms with van der Waals surface area (Å²) in [7, 11) is 2.05. The summed E-state index contributed by atoms with van der Waals surface area (Å²) in [6.07, 6.45) is 6.99. The predicted octanol–water partition coefficient (Wildman–Crippen LogP) is 3.14. The van der Waals surface area contributed by atoms with Crippen LogP contribution in [0.25, 0.3) is 0 Å². The Labute approximate surface area is 86.3 Å². The average Bonchev–Trinajstić information content (AvgIpc) is 2.17. The van der Waals surface area contributed by atoms with Gasteiger partial charge in [0, 0.05) is 19.4 Å². The van der Waals surface area contributed by atoms with E-state index >= 15 is 0 Å². The van der Waals surface area contributed by atoms with Crippen LogP contribution in [0.3, 0.4) is 0 Å². The van der Waals surface area contributed by atoms with E-state index in [2.05, 4.69) is 50.0 Å². The summed E-state index contributed by atoms with van der Waals surface area (Å²) in [4.78, 5) is 6.28. The molecule has 0 spiro atoms. The molecule has 0 aliphatic carbocycles. The number of anilines is 1. The Morgan fingerprint density at radius 2 is 2.21 bits per heavy atom. The fourth-order valence-corrected chi connectivity index (χ4v) is 1.23. The average molecular weight is 190 g/mol. The van der Waals surface area contributed by atoms with Crippen molar-refractivity contribution in [1.82, 2.24) is 4.98 Å². The van der Waals surface area contributed by atoms with E-state index in [9.17, 15) is 0 Å². The van der Waals surface area contributed by atoms with Crippen LogP contribution in [-0.4, -0.2) is 12.0 Å². The maximum atomic E-state index is 4.17. The Hall–Kier alpha value is -1.31. The Balaban J connectivity index is 2.84. The van der Waals surface area contributed by atoms with E-state index in [0.29, 0.717) is 0 Å². The fraction of sp³-hybridized carbons (Fsp3) is 0.417. The maximum Gasteiger partial charge on any atom is 0.0592 e. The standard InChI is InChI=1S/C12H18N2/c1-5-10(2)9-14(4)12-6-11(3)7-13-8-12/h6-9H,5H2,1-4H3/b10-9+. The normalized spacial score (nSPS) is 11.6. The number of pyridine rings is 1.